The zero-order valence-corrected chi connectivity index (χ0v) is 13.2. The topological polar surface area (TPSA) is 89.2 Å². The number of nitrogens with zero attached hydrogens (tertiary/aromatic N) is 5. The van der Waals surface area contributed by atoms with Crippen LogP contribution < -0.4 is 10.2 Å². The minimum Gasteiger partial charge on any atom is -0.377 e. The molecule has 2 aliphatic rings. The fourth-order valence-corrected chi connectivity index (χ4v) is 3.10. The van der Waals surface area contributed by atoms with Crippen molar-refractivity contribution in [2.24, 2.45) is 5.92 Å². The summed E-state index contributed by atoms with van der Waals surface area (Å²) in [5.74, 6) is 2.10. The second-order valence-corrected chi connectivity index (χ2v) is 6.13. The number of hydrogen-bond acceptors (Lipinski definition) is 8. The highest BCUT2D eigenvalue weighted by atomic mass is 16.5. The number of anilines is 2. The molecular weight excluding hydrogens is 296 g/mol. The van der Waals surface area contributed by atoms with E-state index in [9.17, 15) is 0 Å². The van der Waals surface area contributed by atoms with Crippen LogP contribution >= 0.6 is 0 Å². The molecule has 0 radical (unpaired) electrons. The minimum atomic E-state index is 0.361. The molecule has 3 heterocycles. The third kappa shape index (κ3) is 2.98. The monoisotopic (exact) mass is 316 g/mol. The fraction of sp³-hybridized carbons (Fsp3) is 0.600. The number of nitrogens with one attached hydrogen (secondary N) is 1. The summed E-state index contributed by atoms with van der Waals surface area (Å²) >= 11 is 0. The van der Waals surface area contributed by atoms with Crippen LogP contribution in [-0.2, 0) is 24.2 Å². The summed E-state index contributed by atoms with van der Waals surface area (Å²) in [7, 11) is 1.61. The van der Waals surface area contributed by atoms with Gasteiger partial charge in [-0.05, 0) is 30.9 Å². The highest BCUT2D eigenvalue weighted by Crippen LogP contribution is 2.27. The Hall–Kier alpha value is -2.22. The van der Waals surface area contributed by atoms with Gasteiger partial charge in [0.15, 0.2) is 11.6 Å². The van der Waals surface area contributed by atoms with E-state index in [1.807, 2.05) is 0 Å². The molecule has 0 bridgehead atoms. The molecule has 1 saturated heterocycles. The van der Waals surface area contributed by atoms with E-state index in [1.165, 1.54) is 17.7 Å². The van der Waals surface area contributed by atoms with Crippen molar-refractivity contribution >= 4 is 11.8 Å². The van der Waals surface area contributed by atoms with Crippen LogP contribution in [0.3, 0.4) is 0 Å². The molecule has 23 heavy (non-hydrogen) atoms. The summed E-state index contributed by atoms with van der Waals surface area (Å²) in [6.07, 6.45) is 3.41. The molecule has 0 unspecified atom stereocenters. The lowest BCUT2D eigenvalue weighted by Gasteiger charge is -2.39. The van der Waals surface area contributed by atoms with Gasteiger partial charge in [0.25, 0.3) is 0 Å². The van der Waals surface area contributed by atoms with Crippen molar-refractivity contribution in [2.75, 3.05) is 37.0 Å². The molecule has 8 heteroatoms. The Morgan fingerprint density at radius 1 is 1.35 bits per heavy atom. The Morgan fingerprint density at radius 3 is 3.13 bits per heavy atom. The lowest BCUT2D eigenvalue weighted by molar-refractivity contribution is 0.174. The fourth-order valence-electron chi connectivity index (χ4n) is 3.10. The number of rotatable bonds is 6. The van der Waals surface area contributed by atoms with Gasteiger partial charge in [0.05, 0.1) is 5.69 Å². The number of hydrogen-bond donors (Lipinski definition) is 1. The molecule has 0 aromatic carbocycles. The van der Waals surface area contributed by atoms with Crippen molar-refractivity contribution in [3.05, 3.63) is 23.1 Å². The van der Waals surface area contributed by atoms with Crippen molar-refractivity contribution < 1.29 is 9.26 Å². The normalized spacial score (nSPS) is 17.2. The SMILES string of the molecule is COCc1noc(NCC2CN(c3cc4c(nn3)CCC4)C2)n1. The van der Waals surface area contributed by atoms with E-state index < -0.39 is 0 Å². The predicted octanol–water partition coefficient (Wildman–Crippen LogP) is 1.04. The molecule has 8 nitrogen and oxygen atoms in total. The second-order valence-electron chi connectivity index (χ2n) is 6.13. The van der Waals surface area contributed by atoms with Crippen LogP contribution in [0.4, 0.5) is 11.8 Å². The molecule has 1 fully saturated rings. The molecule has 1 aliphatic heterocycles. The van der Waals surface area contributed by atoms with E-state index in [1.54, 1.807) is 7.11 Å². The van der Waals surface area contributed by atoms with Crippen molar-refractivity contribution in [3.63, 3.8) is 0 Å². The number of methoxy groups -OCH3 is 1. The van der Waals surface area contributed by atoms with Gasteiger partial charge in [-0.15, -0.1) is 5.10 Å². The maximum absolute atomic E-state index is 5.11. The lowest BCUT2D eigenvalue weighted by atomic mass is 10.00. The molecule has 1 N–H and O–H groups in total. The number of ether oxygens (including phenoxy) is 1. The third-order valence-corrected chi connectivity index (χ3v) is 4.37. The zero-order valence-electron chi connectivity index (χ0n) is 13.2. The standard InChI is InChI=1S/C15H20N6O2/c1-22-9-13-17-15(23-20-13)16-6-10-7-21(8-10)14-5-11-3-2-4-12(11)18-19-14/h5,10H,2-4,6-9H2,1H3,(H,16,17,20). The molecule has 122 valence electrons. The first-order valence-electron chi connectivity index (χ1n) is 7.97. The maximum atomic E-state index is 5.11. The van der Waals surface area contributed by atoms with Gasteiger partial charge in [-0.25, -0.2) is 0 Å². The molecule has 0 spiro atoms. The Balaban J connectivity index is 1.26. The van der Waals surface area contributed by atoms with Gasteiger partial charge in [-0.2, -0.15) is 10.1 Å². The van der Waals surface area contributed by atoms with Gasteiger partial charge in [0.2, 0.25) is 0 Å². The molecule has 0 saturated carbocycles. The van der Waals surface area contributed by atoms with Gasteiger partial charge >= 0.3 is 6.01 Å². The zero-order chi connectivity index (χ0) is 15.6. The highest BCUT2D eigenvalue weighted by Gasteiger charge is 2.29. The average molecular weight is 316 g/mol. The van der Waals surface area contributed by atoms with Crippen molar-refractivity contribution in [3.8, 4) is 0 Å². The maximum Gasteiger partial charge on any atom is 0.321 e. The van der Waals surface area contributed by atoms with E-state index in [0.717, 1.165) is 38.3 Å². The Labute approximate surface area is 134 Å². The van der Waals surface area contributed by atoms with Crippen LogP contribution in [0.15, 0.2) is 10.6 Å². The number of aromatic nitrogens is 4. The number of fused-ring (bicyclic) bond motifs is 1. The average Bonchev–Trinajstić information content (AvgIpc) is 3.14. The van der Waals surface area contributed by atoms with Crippen LogP contribution in [0, 0.1) is 5.92 Å². The van der Waals surface area contributed by atoms with Crippen molar-refractivity contribution in [1.29, 1.82) is 0 Å². The Kier molecular flexibility index (Phi) is 3.82. The van der Waals surface area contributed by atoms with Crippen molar-refractivity contribution in [1.82, 2.24) is 20.3 Å². The number of aryl methyl sites for hydroxylation is 2. The van der Waals surface area contributed by atoms with Crippen LogP contribution in [-0.4, -0.2) is 47.1 Å². The van der Waals surface area contributed by atoms with E-state index in [0.29, 0.717) is 24.4 Å². The predicted molar refractivity (Wildman–Crippen MR) is 83.3 cm³/mol. The highest BCUT2D eigenvalue weighted by molar-refractivity contribution is 5.45. The van der Waals surface area contributed by atoms with Gasteiger partial charge in [0.1, 0.15) is 6.61 Å². The minimum absolute atomic E-state index is 0.361. The molecule has 0 atom stereocenters. The molecule has 2 aromatic rings. The van der Waals surface area contributed by atoms with Crippen LogP contribution in [0.1, 0.15) is 23.5 Å². The quantitative estimate of drug-likeness (QED) is 0.845. The molecule has 1 aliphatic carbocycles. The molecule has 4 rings (SSSR count). The van der Waals surface area contributed by atoms with E-state index in [-0.39, 0.29) is 0 Å². The van der Waals surface area contributed by atoms with Gasteiger partial charge in [-0.3, -0.25) is 0 Å². The van der Waals surface area contributed by atoms with Gasteiger partial charge < -0.3 is 19.5 Å². The second kappa shape index (κ2) is 6.11. The molecular formula is C15H20N6O2. The molecule has 2 aromatic heterocycles. The van der Waals surface area contributed by atoms with Crippen LogP contribution in [0.2, 0.25) is 0 Å². The first-order chi connectivity index (χ1) is 11.3. The van der Waals surface area contributed by atoms with Crippen LogP contribution in [0.5, 0.6) is 0 Å². The summed E-state index contributed by atoms with van der Waals surface area (Å²) in [6.45, 7) is 3.11. The third-order valence-electron chi connectivity index (χ3n) is 4.37. The summed E-state index contributed by atoms with van der Waals surface area (Å²) < 4.78 is 10.1. The van der Waals surface area contributed by atoms with E-state index >= 15 is 0 Å². The summed E-state index contributed by atoms with van der Waals surface area (Å²) in [5.41, 5.74) is 2.55. The van der Waals surface area contributed by atoms with E-state index in [2.05, 4.69) is 36.6 Å². The summed E-state index contributed by atoms with van der Waals surface area (Å²) in [6, 6.07) is 2.65. The van der Waals surface area contributed by atoms with E-state index in [4.69, 9.17) is 9.26 Å². The first-order valence-corrected chi connectivity index (χ1v) is 7.97. The van der Waals surface area contributed by atoms with Gasteiger partial charge in [0, 0.05) is 32.7 Å². The Bertz CT molecular complexity index is 682. The first kappa shape index (κ1) is 14.4. The lowest BCUT2D eigenvalue weighted by Crippen LogP contribution is -2.50. The summed E-state index contributed by atoms with van der Waals surface area (Å²) in [4.78, 5) is 6.46. The smallest absolute Gasteiger partial charge is 0.321 e. The summed E-state index contributed by atoms with van der Waals surface area (Å²) in [5, 5.41) is 15.7. The molecule has 0 amide bonds. The Morgan fingerprint density at radius 2 is 2.26 bits per heavy atom. The van der Waals surface area contributed by atoms with Crippen molar-refractivity contribution in [2.45, 2.75) is 25.9 Å². The van der Waals surface area contributed by atoms with Crippen LogP contribution in [0.25, 0.3) is 0 Å². The van der Waals surface area contributed by atoms with Gasteiger partial charge in [-0.1, -0.05) is 5.16 Å². The largest absolute Gasteiger partial charge is 0.377 e.